The molecule has 0 amide bonds. The van der Waals surface area contributed by atoms with Crippen LogP contribution in [0.1, 0.15) is 64.8 Å². The molecular formula is C59H51F2GeIrN4S. The van der Waals surface area contributed by atoms with Crippen molar-refractivity contribution in [2.24, 2.45) is 0 Å². The SMILES string of the molecule is Cc1cc(F)cc(C)c1N1c2c(c3ccccc3c3ccccc23)[N-]C1c1[c-]cc(C)c2c1sc1nc(-c3ccccc3)ccc12.[2H]C([2H])([2H])c1cc[c-]c(-c2cc(C([2H])(C)C)[c]([Ge]([CH3])([CH3])[CH3])cn2)c1F.[Ir+3]. The Hall–Kier alpha value is -5.77. The first-order valence-electron chi connectivity index (χ1n) is 24.4. The summed E-state index contributed by atoms with van der Waals surface area (Å²) in [5.74, 6) is 4.73. The molecule has 340 valence electrons. The van der Waals surface area contributed by atoms with E-state index >= 15 is 0 Å². The first-order valence-corrected chi connectivity index (χ1v) is 30.6. The predicted octanol–water partition coefficient (Wildman–Crippen LogP) is 16.8. The Morgan fingerprint density at radius 3 is 2.09 bits per heavy atom. The van der Waals surface area contributed by atoms with Crippen molar-refractivity contribution < 1.29 is 34.4 Å². The molecule has 9 heteroatoms. The van der Waals surface area contributed by atoms with Crippen LogP contribution in [-0.4, -0.2) is 23.2 Å². The van der Waals surface area contributed by atoms with Gasteiger partial charge in [-0.2, -0.15) is 23.5 Å². The second-order valence-corrected chi connectivity index (χ2v) is 30.2. The second-order valence-electron chi connectivity index (χ2n) is 18.6. The molecule has 11 rings (SSSR count). The molecule has 0 saturated carbocycles. The van der Waals surface area contributed by atoms with Crippen molar-refractivity contribution in [1.29, 1.82) is 0 Å². The van der Waals surface area contributed by atoms with Crippen molar-refractivity contribution in [1.82, 2.24) is 9.97 Å². The van der Waals surface area contributed by atoms with Gasteiger partial charge in [-0.15, -0.1) is 22.2 Å². The third-order valence-corrected chi connectivity index (χ3v) is 18.1. The monoisotopic (exact) mass is 1160 g/mol. The van der Waals surface area contributed by atoms with E-state index < -0.39 is 38.0 Å². The van der Waals surface area contributed by atoms with Gasteiger partial charge in [0.05, 0.1) is 5.69 Å². The van der Waals surface area contributed by atoms with Crippen LogP contribution in [-0.2, 0) is 20.1 Å². The fourth-order valence-corrected chi connectivity index (χ4v) is 14.2. The number of rotatable bonds is 6. The van der Waals surface area contributed by atoms with Gasteiger partial charge in [0.15, 0.2) is 0 Å². The number of thiophene rings is 1. The fraction of sp³-hybridized carbons (Fsp3) is 0.186. The number of anilines is 2. The number of hydrogen-bond donors (Lipinski definition) is 0. The standard InChI is InChI=1S/C41H28FN3S.C18H23FGeN.Ir/c1-23-17-18-33(39-35(23)32-19-20-34(43-41(32)46-39)26-11-5-4-6-12-26)40-44-36-30-15-9-7-13-28(30)29-14-8-10-16-31(29)38(36)45(40)37-24(2)21-27(42)22-25(37)3;1-12(2)15-10-17(21-11-16(15)20(4,5)6)14-9-7-8-13(3)18(14)19;/h4-17,19-22,40H,1-3H3;7-8,10-12H,1-6H3;/q-2;-1;+3/i;3D3,12D;. The quantitative estimate of drug-likeness (QED) is 0.0947. The van der Waals surface area contributed by atoms with Gasteiger partial charge in [0.25, 0.3) is 0 Å². The molecule has 1 aliphatic heterocycles. The minimum Gasteiger partial charge on any atom is 3.00 e. The van der Waals surface area contributed by atoms with Crippen LogP contribution in [0, 0.1) is 51.4 Å². The maximum absolute atomic E-state index is 14.8. The summed E-state index contributed by atoms with van der Waals surface area (Å²) in [4.78, 5) is 12.9. The molecule has 68 heavy (non-hydrogen) atoms. The molecular weight excluding hydrogens is 1100 g/mol. The van der Waals surface area contributed by atoms with Gasteiger partial charge in [0, 0.05) is 22.3 Å². The topological polar surface area (TPSA) is 43.1 Å². The van der Waals surface area contributed by atoms with Crippen LogP contribution < -0.4 is 9.30 Å². The summed E-state index contributed by atoms with van der Waals surface area (Å²) in [6, 6.07) is 47.8. The smallest absolute Gasteiger partial charge is 3.00 e. The van der Waals surface area contributed by atoms with Crippen molar-refractivity contribution in [3.05, 3.63) is 196 Å². The van der Waals surface area contributed by atoms with E-state index in [1.165, 1.54) is 28.3 Å². The molecule has 0 fully saturated rings. The van der Waals surface area contributed by atoms with E-state index in [0.29, 0.717) is 5.69 Å². The van der Waals surface area contributed by atoms with E-state index in [9.17, 15) is 8.78 Å². The molecule has 1 unspecified atom stereocenters. The van der Waals surface area contributed by atoms with Gasteiger partial charge in [-0.3, -0.25) is 0 Å². The summed E-state index contributed by atoms with van der Waals surface area (Å²) in [6.45, 7) is 7.18. The number of hydrogen-bond acceptors (Lipinski definition) is 4. The van der Waals surface area contributed by atoms with Crippen molar-refractivity contribution >= 4 is 87.9 Å². The number of pyridine rings is 2. The summed E-state index contributed by atoms with van der Waals surface area (Å²) >= 11 is -0.572. The van der Waals surface area contributed by atoms with Crippen LogP contribution >= 0.6 is 11.3 Å². The number of nitrogens with zero attached hydrogens (tertiary/aromatic N) is 4. The first-order chi connectivity index (χ1) is 33.7. The molecule has 0 radical (unpaired) electrons. The van der Waals surface area contributed by atoms with Crippen molar-refractivity contribution in [3.63, 3.8) is 0 Å². The van der Waals surface area contributed by atoms with E-state index in [4.69, 9.17) is 15.8 Å². The minimum absolute atomic E-state index is 0. The molecule has 7 aromatic carbocycles. The maximum atomic E-state index is 14.8. The van der Waals surface area contributed by atoms with E-state index in [2.05, 4.69) is 125 Å². The van der Waals surface area contributed by atoms with Crippen LogP contribution in [0.15, 0.2) is 134 Å². The fourth-order valence-electron chi connectivity index (χ4n) is 9.61. The zero-order chi connectivity index (χ0) is 50.3. The average Bonchev–Trinajstić information content (AvgIpc) is 3.91. The molecule has 1 atom stereocenters. The van der Waals surface area contributed by atoms with Crippen molar-refractivity contribution in [2.75, 3.05) is 4.90 Å². The molecule has 4 heterocycles. The molecule has 3 aromatic heterocycles. The van der Waals surface area contributed by atoms with Crippen LogP contribution in [0.3, 0.4) is 0 Å². The van der Waals surface area contributed by atoms with E-state index in [-0.39, 0.29) is 37.0 Å². The molecule has 0 saturated heterocycles. The Balaban J connectivity index is 0.000000210. The molecule has 1 aliphatic rings. The van der Waals surface area contributed by atoms with Gasteiger partial charge < -0.3 is 10.2 Å². The second kappa shape index (κ2) is 18.6. The van der Waals surface area contributed by atoms with E-state index in [1.54, 1.807) is 49.6 Å². The Bertz CT molecular complexity index is 3720. The van der Waals surface area contributed by atoms with Crippen LogP contribution in [0.5, 0.6) is 0 Å². The molecule has 10 aromatic rings. The van der Waals surface area contributed by atoms with Gasteiger partial charge in [0.2, 0.25) is 0 Å². The van der Waals surface area contributed by atoms with E-state index in [1.807, 2.05) is 32.0 Å². The Labute approximate surface area is 423 Å². The zero-order valence-electron chi connectivity index (χ0n) is 43.1. The first kappa shape index (κ1) is 42.3. The Morgan fingerprint density at radius 1 is 0.750 bits per heavy atom. The predicted molar refractivity (Wildman–Crippen MR) is 282 cm³/mol. The maximum Gasteiger partial charge on any atom is 3.00 e. The van der Waals surface area contributed by atoms with Crippen molar-refractivity contribution in [3.8, 4) is 22.5 Å². The van der Waals surface area contributed by atoms with E-state index in [0.717, 1.165) is 86.2 Å². The summed E-state index contributed by atoms with van der Waals surface area (Å²) in [6.07, 6.45) is 1.33. The largest absolute Gasteiger partial charge is 3.00 e. The summed E-state index contributed by atoms with van der Waals surface area (Å²) in [7, 11) is 0. The average molecular weight is 1150 g/mol. The number of halogens is 2. The number of fused-ring (bicyclic) bond motifs is 9. The molecule has 0 bridgehead atoms. The van der Waals surface area contributed by atoms with Gasteiger partial charge in [-0.05, 0) is 70.9 Å². The number of aromatic nitrogens is 2. The van der Waals surface area contributed by atoms with Crippen molar-refractivity contribution in [2.45, 2.75) is 70.8 Å². The minimum atomic E-state index is -2.54. The van der Waals surface area contributed by atoms with Crippen LogP contribution in [0.2, 0.25) is 17.3 Å². The van der Waals surface area contributed by atoms with Gasteiger partial charge in [-0.25, -0.2) is 9.37 Å². The van der Waals surface area contributed by atoms with Crippen LogP contribution in [0.4, 0.5) is 25.8 Å². The molecule has 0 aliphatic carbocycles. The van der Waals surface area contributed by atoms with Gasteiger partial charge in [-0.1, -0.05) is 96.6 Å². The van der Waals surface area contributed by atoms with Gasteiger partial charge >= 0.3 is 155 Å². The Morgan fingerprint density at radius 2 is 1.41 bits per heavy atom. The molecule has 4 nitrogen and oxygen atoms in total. The van der Waals surface area contributed by atoms with Crippen LogP contribution in [0.25, 0.3) is 69.7 Å². The summed E-state index contributed by atoms with van der Waals surface area (Å²) in [5.41, 5.74) is 9.75. The zero-order valence-corrected chi connectivity index (χ0v) is 44.4. The number of benzene rings is 7. The number of aryl methyl sites for hydroxylation is 4. The third kappa shape index (κ3) is 8.33. The van der Waals surface area contributed by atoms with Gasteiger partial charge in [0.1, 0.15) is 10.6 Å². The normalized spacial score (nSPS) is 14.7. The summed E-state index contributed by atoms with van der Waals surface area (Å²) < 4.78 is 62.6. The Kier molecular flexibility index (Phi) is 11.6. The molecule has 0 spiro atoms. The molecule has 0 N–H and O–H groups in total. The summed E-state index contributed by atoms with van der Waals surface area (Å²) in [5, 5.41) is 12.5. The third-order valence-electron chi connectivity index (χ3n) is 12.7.